The molecule has 0 bridgehead atoms. The molecule has 1 aliphatic heterocycles. The van der Waals surface area contributed by atoms with Crippen LogP contribution in [0.15, 0.2) is 53.7 Å². The van der Waals surface area contributed by atoms with Crippen LogP contribution in [0, 0.1) is 10.1 Å². The van der Waals surface area contributed by atoms with Crippen LogP contribution in [0.5, 0.6) is 5.75 Å². The molecular formula is C21H18N6O4S. The summed E-state index contributed by atoms with van der Waals surface area (Å²) >= 11 is 1.53. The van der Waals surface area contributed by atoms with Gasteiger partial charge < -0.3 is 9.64 Å². The first-order valence-electron chi connectivity index (χ1n) is 10.0. The van der Waals surface area contributed by atoms with E-state index in [2.05, 4.69) is 15.1 Å². The number of carbonyl (C=O) groups is 1. The first-order valence-corrected chi connectivity index (χ1v) is 11.0. The number of thiazole rings is 1. The molecule has 5 rings (SSSR count). The minimum atomic E-state index is -0.495. The summed E-state index contributed by atoms with van der Waals surface area (Å²) in [7, 11) is 0. The molecule has 0 spiro atoms. The van der Waals surface area contributed by atoms with Gasteiger partial charge in [0, 0.05) is 54.1 Å². The maximum absolute atomic E-state index is 12.5. The second-order valence-corrected chi connectivity index (χ2v) is 8.18. The highest BCUT2D eigenvalue weighted by Gasteiger charge is 2.27. The first-order chi connectivity index (χ1) is 15.6. The number of hydrogen-bond donors (Lipinski definition) is 0. The van der Waals surface area contributed by atoms with E-state index < -0.39 is 11.0 Å². The lowest BCUT2D eigenvalue weighted by Gasteiger charge is -2.30. The third-order valence-corrected chi connectivity index (χ3v) is 6.14. The molecule has 1 fully saturated rings. The Kier molecular flexibility index (Phi) is 5.23. The van der Waals surface area contributed by atoms with Crippen LogP contribution >= 0.6 is 11.3 Å². The number of non-ortho nitro benzene ring substituents is 1. The summed E-state index contributed by atoms with van der Waals surface area (Å²) in [5, 5.41) is 17.2. The number of amides is 1. The summed E-state index contributed by atoms with van der Waals surface area (Å²) in [6, 6.07) is 5.47. The van der Waals surface area contributed by atoms with Gasteiger partial charge in [0.1, 0.15) is 5.75 Å². The molecule has 4 heterocycles. The number of likely N-dealkylation sites (tertiary alicyclic amines) is 1. The maximum Gasteiger partial charge on any atom is 0.415 e. The van der Waals surface area contributed by atoms with Crippen LogP contribution in [0.2, 0.25) is 0 Å². The van der Waals surface area contributed by atoms with Gasteiger partial charge in [-0.2, -0.15) is 5.10 Å². The van der Waals surface area contributed by atoms with Crippen LogP contribution in [-0.2, 0) is 0 Å². The number of carbonyl (C=O) groups excluding carboxylic acids is 1. The number of fused-ring (bicyclic) bond motifs is 1. The number of aromatic nitrogens is 4. The fourth-order valence-corrected chi connectivity index (χ4v) is 4.40. The third kappa shape index (κ3) is 3.89. The van der Waals surface area contributed by atoms with E-state index >= 15 is 0 Å². The van der Waals surface area contributed by atoms with Gasteiger partial charge in [0.15, 0.2) is 5.65 Å². The molecule has 11 heteroatoms. The van der Waals surface area contributed by atoms with E-state index in [0.29, 0.717) is 13.1 Å². The van der Waals surface area contributed by atoms with Crippen molar-refractivity contribution in [3.63, 3.8) is 0 Å². The van der Waals surface area contributed by atoms with E-state index in [1.54, 1.807) is 14.9 Å². The Morgan fingerprint density at radius 2 is 1.94 bits per heavy atom. The highest BCUT2D eigenvalue weighted by Crippen LogP contribution is 2.31. The summed E-state index contributed by atoms with van der Waals surface area (Å²) < 4.78 is 7.14. The molecule has 162 valence electrons. The number of hydrogen-bond acceptors (Lipinski definition) is 8. The van der Waals surface area contributed by atoms with Crippen LogP contribution < -0.4 is 4.74 Å². The van der Waals surface area contributed by atoms with Crippen LogP contribution in [0.4, 0.5) is 10.5 Å². The molecule has 0 atom stereocenters. The Morgan fingerprint density at radius 3 is 2.62 bits per heavy atom. The fraction of sp³-hybridized carbons (Fsp3) is 0.238. The Morgan fingerprint density at radius 1 is 1.16 bits per heavy atom. The number of nitro groups is 1. The summed E-state index contributed by atoms with van der Waals surface area (Å²) in [5.41, 5.74) is 5.41. The molecular weight excluding hydrogens is 432 g/mol. The van der Waals surface area contributed by atoms with Gasteiger partial charge in [0.05, 0.1) is 22.3 Å². The van der Waals surface area contributed by atoms with Gasteiger partial charge in [0.25, 0.3) is 5.69 Å². The quantitative estimate of drug-likeness (QED) is 0.339. The number of nitrogens with zero attached hydrogens (tertiary/aromatic N) is 6. The first kappa shape index (κ1) is 20.1. The SMILES string of the molecule is O=C(Oc1ccc([N+](=O)[O-])cc1)N1CCC(c2cnn3cc(-c4cscn4)cnc23)CC1. The van der Waals surface area contributed by atoms with Crippen molar-refractivity contribution in [2.75, 3.05) is 13.1 Å². The van der Waals surface area contributed by atoms with E-state index in [1.165, 1.54) is 35.6 Å². The second-order valence-electron chi connectivity index (χ2n) is 7.46. The van der Waals surface area contributed by atoms with Gasteiger partial charge in [-0.25, -0.2) is 19.3 Å². The monoisotopic (exact) mass is 450 g/mol. The lowest BCUT2D eigenvalue weighted by Crippen LogP contribution is -2.39. The maximum atomic E-state index is 12.5. The zero-order valence-electron chi connectivity index (χ0n) is 16.8. The molecule has 1 aromatic carbocycles. The molecule has 0 aliphatic carbocycles. The molecule has 1 aliphatic rings. The fourth-order valence-electron chi connectivity index (χ4n) is 3.84. The van der Waals surface area contributed by atoms with Crippen molar-refractivity contribution in [1.82, 2.24) is 24.5 Å². The number of nitro benzene ring substituents is 1. The largest absolute Gasteiger partial charge is 0.415 e. The number of piperidine rings is 1. The summed E-state index contributed by atoms with van der Waals surface area (Å²) in [4.78, 5) is 33.3. The summed E-state index contributed by atoms with van der Waals surface area (Å²) in [6.07, 6.45) is 6.67. The predicted molar refractivity (Wildman–Crippen MR) is 117 cm³/mol. The van der Waals surface area contributed by atoms with E-state index in [0.717, 1.165) is 35.3 Å². The van der Waals surface area contributed by atoms with Gasteiger partial charge in [-0.1, -0.05) is 0 Å². The van der Waals surface area contributed by atoms with Gasteiger partial charge in [0.2, 0.25) is 0 Å². The molecule has 4 aromatic rings. The van der Waals surface area contributed by atoms with Crippen LogP contribution in [0.1, 0.15) is 24.3 Å². The van der Waals surface area contributed by atoms with E-state index in [-0.39, 0.29) is 17.4 Å². The van der Waals surface area contributed by atoms with E-state index in [9.17, 15) is 14.9 Å². The zero-order chi connectivity index (χ0) is 22.1. The molecule has 32 heavy (non-hydrogen) atoms. The van der Waals surface area contributed by atoms with Crippen molar-refractivity contribution in [3.05, 3.63) is 69.4 Å². The van der Waals surface area contributed by atoms with E-state index in [4.69, 9.17) is 4.74 Å². The molecule has 0 radical (unpaired) electrons. The highest BCUT2D eigenvalue weighted by atomic mass is 32.1. The average Bonchev–Trinajstić information content (AvgIpc) is 3.49. The minimum Gasteiger partial charge on any atom is -0.410 e. The van der Waals surface area contributed by atoms with Gasteiger partial charge in [-0.05, 0) is 30.9 Å². The normalized spacial score (nSPS) is 14.6. The standard InChI is InChI=1S/C21H18N6O4S/c28-21(31-17-3-1-16(2-4-17)27(29)30)25-7-5-14(6-8-25)18-10-24-26-11-15(9-22-20(18)26)19-12-32-13-23-19/h1-4,9-14H,5-8H2. The second kappa shape index (κ2) is 8.35. The van der Waals surface area contributed by atoms with Crippen LogP contribution in [0.25, 0.3) is 16.9 Å². The Labute approximate surface area is 186 Å². The Bertz CT molecular complexity index is 1260. The average molecular weight is 450 g/mol. The van der Waals surface area contributed by atoms with Crippen molar-refractivity contribution in [1.29, 1.82) is 0 Å². The molecule has 0 saturated carbocycles. The van der Waals surface area contributed by atoms with Gasteiger partial charge in [-0.3, -0.25) is 10.1 Å². The van der Waals surface area contributed by atoms with Crippen molar-refractivity contribution in [3.8, 4) is 17.0 Å². The van der Waals surface area contributed by atoms with Crippen LogP contribution in [-0.4, -0.2) is 48.6 Å². The number of ether oxygens (including phenoxy) is 1. The minimum absolute atomic E-state index is 0.0497. The van der Waals surface area contributed by atoms with Crippen molar-refractivity contribution in [2.24, 2.45) is 0 Å². The smallest absolute Gasteiger partial charge is 0.410 e. The molecule has 1 saturated heterocycles. The Balaban J connectivity index is 1.23. The van der Waals surface area contributed by atoms with Crippen molar-refractivity contribution in [2.45, 2.75) is 18.8 Å². The van der Waals surface area contributed by atoms with Gasteiger partial charge >= 0.3 is 6.09 Å². The zero-order valence-corrected chi connectivity index (χ0v) is 17.6. The molecule has 1 amide bonds. The molecule has 3 aromatic heterocycles. The van der Waals surface area contributed by atoms with Crippen molar-refractivity contribution >= 4 is 28.8 Å². The highest BCUT2D eigenvalue weighted by molar-refractivity contribution is 7.07. The molecule has 10 nitrogen and oxygen atoms in total. The molecule has 0 N–H and O–H groups in total. The number of rotatable bonds is 4. The Hall–Kier alpha value is -3.86. The van der Waals surface area contributed by atoms with E-state index in [1.807, 2.05) is 24.0 Å². The lowest BCUT2D eigenvalue weighted by atomic mass is 9.91. The van der Waals surface area contributed by atoms with Gasteiger partial charge in [-0.15, -0.1) is 11.3 Å². The summed E-state index contributed by atoms with van der Waals surface area (Å²) in [5.74, 6) is 0.527. The lowest BCUT2D eigenvalue weighted by molar-refractivity contribution is -0.384. The number of benzene rings is 1. The third-order valence-electron chi connectivity index (χ3n) is 5.56. The van der Waals surface area contributed by atoms with Crippen molar-refractivity contribution < 1.29 is 14.5 Å². The topological polar surface area (TPSA) is 116 Å². The molecule has 0 unspecified atom stereocenters. The summed E-state index contributed by atoms with van der Waals surface area (Å²) in [6.45, 7) is 1.09. The predicted octanol–water partition coefficient (Wildman–Crippen LogP) is 4.14. The van der Waals surface area contributed by atoms with Crippen LogP contribution in [0.3, 0.4) is 0 Å².